The van der Waals surface area contributed by atoms with Crippen molar-refractivity contribution >= 4 is 51.5 Å². The third kappa shape index (κ3) is 5.46. The van der Waals surface area contributed by atoms with Gasteiger partial charge in [0.25, 0.3) is 11.8 Å². The molecule has 5 rings (SSSR count). The fourth-order valence-corrected chi connectivity index (χ4v) is 5.86. The number of ether oxygens (including phenoxy) is 1. The molecule has 1 radical (unpaired) electrons. The average Bonchev–Trinajstić information content (AvgIpc) is 3.87. The van der Waals surface area contributed by atoms with Crippen molar-refractivity contribution in [2.45, 2.75) is 58.0 Å². The van der Waals surface area contributed by atoms with Crippen LogP contribution in [0.5, 0.6) is 5.75 Å². The van der Waals surface area contributed by atoms with Gasteiger partial charge in [-0.1, -0.05) is 32.8 Å². The summed E-state index contributed by atoms with van der Waals surface area (Å²) in [6, 6.07) is 4.94. The number of carbonyl (C=O) groups excluding carboxylic acids is 4. The topological polar surface area (TPSA) is 140 Å². The van der Waals surface area contributed by atoms with Gasteiger partial charge in [-0.05, 0) is 49.3 Å². The Balaban J connectivity index is 1.57. The zero-order chi connectivity index (χ0) is 28.6. The van der Waals surface area contributed by atoms with Crippen molar-refractivity contribution in [2.24, 2.45) is 17.7 Å². The van der Waals surface area contributed by atoms with Crippen molar-refractivity contribution in [1.29, 1.82) is 0 Å². The number of nitrogens with zero attached hydrogens (tertiary/aromatic N) is 4. The Bertz CT molecular complexity index is 1440. The van der Waals surface area contributed by atoms with Crippen LogP contribution in [-0.2, 0) is 4.79 Å². The van der Waals surface area contributed by atoms with Crippen LogP contribution in [0.25, 0.3) is 10.9 Å². The molecule has 3 amide bonds. The predicted octanol–water partition coefficient (Wildman–Crippen LogP) is 3.72. The quantitative estimate of drug-likeness (QED) is 0.155. The van der Waals surface area contributed by atoms with E-state index in [9.17, 15) is 19.2 Å². The highest BCUT2D eigenvalue weighted by Gasteiger charge is 2.39. The third-order valence-electron chi connectivity index (χ3n) is 7.22. The first-order valence-corrected chi connectivity index (χ1v) is 14.3. The molecule has 211 valence electrons. The van der Waals surface area contributed by atoms with Crippen LogP contribution >= 0.6 is 11.3 Å². The fourth-order valence-electron chi connectivity index (χ4n) is 4.98. The van der Waals surface area contributed by atoms with Crippen LogP contribution in [0.15, 0.2) is 29.6 Å². The van der Waals surface area contributed by atoms with E-state index in [1.165, 1.54) is 24.5 Å². The highest BCUT2D eigenvalue weighted by atomic mass is 32.1. The number of amides is 3. The Morgan fingerprint density at radius 1 is 1.23 bits per heavy atom. The molecule has 3 aromatic rings. The molecule has 0 saturated heterocycles. The van der Waals surface area contributed by atoms with Crippen LogP contribution in [-0.4, -0.2) is 64.3 Å². The van der Waals surface area contributed by atoms with Crippen molar-refractivity contribution in [3.05, 3.63) is 41.0 Å². The van der Waals surface area contributed by atoms with E-state index in [1.807, 2.05) is 6.29 Å². The lowest BCUT2D eigenvalue weighted by Crippen LogP contribution is -2.47. The van der Waals surface area contributed by atoms with E-state index in [1.54, 1.807) is 23.6 Å². The molecule has 1 atom stereocenters. The van der Waals surface area contributed by atoms with Gasteiger partial charge in [-0.2, -0.15) is 0 Å². The van der Waals surface area contributed by atoms with Crippen molar-refractivity contribution < 1.29 is 23.9 Å². The van der Waals surface area contributed by atoms with Gasteiger partial charge >= 0.3 is 6.03 Å². The second-order valence-electron chi connectivity index (χ2n) is 10.8. The molecule has 40 heavy (non-hydrogen) atoms. The zero-order valence-electron chi connectivity index (χ0n) is 22.8. The van der Waals surface area contributed by atoms with Crippen LogP contribution in [0.3, 0.4) is 0 Å². The molecule has 0 spiro atoms. The zero-order valence-corrected chi connectivity index (χ0v) is 23.6. The number of nitrogen functional groups attached to an aromatic ring is 1. The van der Waals surface area contributed by atoms with Gasteiger partial charge in [-0.15, -0.1) is 11.3 Å². The molecular formula is C28H33N6O5S. The van der Waals surface area contributed by atoms with Crippen molar-refractivity contribution in [1.82, 2.24) is 19.9 Å². The maximum atomic E-state index is 14.2. The van der Waals surface area contributed by atoms with Crippen molar-refractivity contribution in [3.8, 4) is 5.75 Å². The number of carbonyl (C=O) groups is 3. The number of nitrogens with two attached hydrogens (primary N) is 1. The SMILES string of the molecule is COc1cccc2c1cc(C(=O)N(C(=O)c1csc(N(CC(C)C)C3CC3)n1)[C@H]([C]=O)CC1CC1)n2C(=O)NN. The van der Waals surface area contributed by atoms with Crippen LogP contribution in [0.1, 0.15) is 66.9 Å². The summed E-state index contributed by atoms with van der Waals surface area (Å²) in [4.78, 5) is 61.0. The minimum Gasteiger partial charge on any atom is -0.496 e. The molecule has 2 aliphatic rings. The van der Waals surface area contributed by atoms with E-state index >= 15 is 0 Å². The molecule has 1 aromatic carbocycles. The van der Waals surface area contributed by atoms with Gasteiger partial charge in [0.2, 0.25) is 6.29 Å². The van der Waals surface area contributed by atoms with Crippen molar-refractivity contribution in [3.63, 3.8) is 0 Å². The first kappa shape index (κ1) is 27.8. The first-order valence-electron chi connectivity index (χ1n) is 13.4. The average molecular weight is 566 g/mol. The number of rotatable bonds is 11. The van der Waals surface area contributed by atoms with Crippen LogP contribution < -0.4 is 20.9 Å². The molecule has 2 heterocycles. The number of anilines is 1. The lowest BCUT2D eigenvalue weighted by atomic mass is 10.1. The maximum absolute atomic E-state index is 14.2. The lowest BCUT2D eigenvalue weighted by molar-refractivity contribution is 0.0567. The summed E-state index contributed by atoms with van der Waals surface area (Å²) in [5.41, 5.74) is 2.35. The summed E-state index contributed by atoms with van der Waals surface area (Å²) in [6.45, 7) is 5.06. The summed E-state index contributed by atoms with van der Waals surface area (Å²) in [7, 11) is 1.48. The van der Waals surface area contributed by atoms with Gasteiger partial charge in [0, 0.05) is 23.4 Å². The normalized spacial score (nSPS) is 15.6. The Morgan fingerprint density at radius 3 is 2.58 bits per heavy atom. The summed E-state index contributed by atoms with van der Waals surface area (Å²) < 4.78 is 6.52. The number of benzene rings is 1. The number of aromatic nitrogens is 2. The van der Waals surface area contributed by atoms with Crippen LogP contribution in [0.4, 0.5) is 9.93 Å². The molecule has 11 nitrogen and oxygen atoms in total. The summed E-state index contributed by atoms with van der Waals surface area (Å²) in [5.74, 6) is 4.98. The van der Waals surface area contributed by atoms with Gasteiger partial charge in [-0.3, -0.25) is 29.3 Å². The monoisotopic (exact) mass is 565 g/mol. The van der Waals surface area contributed by atoms with E-state index < -0.39 is 23.9 Å². The molecule has 2 aliphatic carbocycles. The standard InChI is InChI=1S/C28H33N6O5S/c1-16(2)13-32(18-9-10-18)28-30-21(15-40-28)25(36)33(19(14-35)11-17-7-8-17)26(37)23-12-20-22(34(23)27(38)31-29)5-4-6-24(20)39-3/h4-6,12,15-19H,7-11,13,29H2,1-3H3,(H,31,38)/t19-/m0/s1. The molecule has 2 fully saturated rings. The molecule has 2 saturated carbocycles. The smallest absolute Gasteiger partial charge is 0.340 e. The number of methoxy groups -OCH3 is 1. The molecular weight excluding hydrogens is 532 g/mol. The molecule has 2 aromatic heterocycles. The van der Waals surface area contributed by atoms with Crippen LogP contribution in [0.2, 0.25) is 0 Å². The highest BCUT2D eigenvalue weighted by molar-refractivity contribution is 7.14. The second kappa shape index (κ2) is 11.4. The van der Waals surface area contributed by atoms with Gasteiger partial charge in [0.05, 0.1) is 12.6 Å². The fraction of sp³-hybridized carbons (Fsp3) is 0.464. The summed E-state index contributed by atoms with van der Waals surface area (Å²) >= 11 is 1.34. The van der Waals surface area contributed by atoms with Crippen LogP contribution in [0, 0.1) is 11.8 Å². The van der Waals surface area contributed by atoms with E-state index in [2.05, 4.69) is 29.2 Å². The van der Waals surface area contributed by atoms with E-state index in [-0.39, 0.29) is 17.3 Å². The minimum absolute atomic E-state index is 0.0716. The molecule has 0 bridgehead atoms. The summed E-state index contributed by atoms with van der Waals surface area (Å²) in [5, 5.41) is 2.81. The number of thiazole rings is 1. The first-order chi connectivity index (χ1) is 19.3. The Labute approximate surface area is 236 Å². The number of fused-ring (bicyclic) bond motifs is 1. The molecule has 0 aliphatic heterocycles. The van der Waals surface area contributed by atoms with Gasteiger partial charge < -0.3 is 9.64 Å². The number of nitrogens with one attached hydrogen (secondary N) is 1. The third-order valence-corrected chi connectivity index (χ3v) is 8.09. The Kier molecular flexibility index (Phi) is 7.90. The van der Waals surface area contributed by atoms with Crippen molar-refractivity contribution in [2.75, 3.05) is 18.6 Å². The van der Waals surface area contributed by atoms with Gasteiger partial charge in [0.1, 0.15) is 23.2 Å². The van der Waals surface area contributed by atoms with E-state index in [4.69, 9.17) is 10.6 Å². The number of imide groups is 1. The molecule has 0 unspecified atom stereocenters. The lowest BCUT2D eigenvalue weighted by Gasteiger charge is -2.26. The number of hydrogen-bond acceptors (Lipinski definition) is 9. The molecule has 3 N–H and O–H groups in total. The highest BCUT2D eigenvalue weighted by Crippen LogP contribution is 2.37. The minimum atomic E-state index is -1.14. The predicted molar refractivity (Wildman–Crippen MR) is 151 cm³/mol. The Hall–Kier alpha value is -3.77. The van der Waals surface area contributed by atoms with E-state index in [0.717, 1.165) is 41.7 Å². The van der Waals surface area contributed by atoms with Gasteiger partial charge in [-0.25, -0.2) is 15.6 Å². The second-order valence-corrected chi connectivity index (χ2v) is 11.6. The summed E-state index contributed by atoms with van der Waals surface area (Å²) in [6.07, 6.45) is 6.18. The van der Waals surface area contributed by atoms with Gasteiger partial charge in [0.15, 0.2) is 5.13 Å². The number of hydrazine groups is 1. The van der Waals surface area contributed by atoms with E-state index in [0.29, 0.717) is 40.2 Å². The largest absolute Gasteiger partial charge is 0.496 e. The maximum Gasteiger partial charge on any atom is 0.340 e. The molecule has 12 heteroatoms. The number of hydrogen-bond donors (Lipinski definition) is 2. The Morgan fingerprint density at radius 2 is 1.98 bits per heavy atom.